The summed E-state index contributed by atoms with van der Waals surface area (Å²) in [5, 5.41) is 1.74. The molecule has 0 N–H and O–H groups in total. The van der Waals surface area contributed by atoms with Crippen molar-refractivity contribution in [1.82, 2.24) is 9.96 Å². The highest BCUT2D eigenvalue weighted by molar-refractivity contribution is 4.54. The van der Waals surface area contributed by atoms with Crippen molar-refractivity contribution >= 4 is 0 Å². The Morgan fingerprint density at radius 3 is 2.18 bits per heavy atom. The zero-order valence-electron chi connectivity index (χ0n) is 8.29. The van der Waals surface area contributed by atoms with Crippen molar-refractivity contribution in [2.75, 3.05) is 34.2 Å². The van der Waals surface area contributed by atoms with E-state index in [1.807, 2.05) is 14.1 Å². The van der Waals surface area contributed by atoms with Crippen molar-refractivity contribution in [2.24, 2.45) is 0 Å². The molecule has 11 heavy (non-hydrogen) atoms. The molecule has 0 aliphatic heterocycles. The maximum atomic E-state index is 5.41. The summed E-state index contributed by atoms with van der Waals surface area (Å²) < 4.78 is 0. The van der Waals surface area contributed by atoms with Gasteiger partial charge in [0.05, 0.1) is 6.10 Å². The average molecular weight is 160 g/mol. The predicted octanol–water partition coefficient (Wildman–Crippen LogP) is 0.820. The molecule has 3 nitrogen and oxygen atoms in total. The van der Waals surface area contributed by atoms with E-state index in [1.54, 1.807) is 5.06 Å². The van der Waals surface area contributed by atoms with E-state index in [0.717, 1.165) is 13.1 Å². The summed E-state index contributed by atoms with van der Waals surface area (Å²) in [7, 11) is 5.90. The number of rotatable bonds is 5. The lowest BCUT2D eigenvalue weighted by Gasteiger charge is -2.22. The second kappa shape index (κ2) is 5.52. The van der Waals surface area contributed by atoms with Crippen LogP contribution >= 0.6 is 0 Å². The van der Waals surface area contributed by atoms with Gasteiger partial charge in [-0.15, -0.1) is 0 Å². The summed E-state index contributed by atoms with van der Waals surface area (Å²) in [5.74, 6) is 0. The van der Waals surface area contributed by atoms with Crippen LogP contribution in [0.2, 0.25) is 0 Å². The Morgan fingerprint density at radius 1 is 1.27 bits per heavy atom. The van der Waals surface area contributed by atoms with Crippen LogP contribution in [0.3, 0.4) is 0 Å². The number of likely N-dealkylation sites (N-methyl/N-ethyl adjacent to an activating group) is 1. The maximum absolute atomic E-state index is 5.41. The van der Waals surface area contributed by atoms with E-state index in [-0.39, 0.29) is 6.10 Å². The molecule has 0 aromatic rings. The van der Waals surface area contributed by atoms with E-state index in [1.165, 1.54) is 0 Å². The lowest BCUT2D eigenvalue weighted by molar-refractivity contribution is -0.162. The molecule has 0 rings (SSSR count). The minimum absolute atomic E-state index is 0.273. The molecule has 0 aliphatic carbocycles. The van der Waals surface area contributed by atoms with E-state index in [9.17, 15) is 0 Å². The Hall–Kier alpha value is -0.120. The minimum atomic E-state index is 0.273. The lowest BCUT2D eigenvalue weighted by Crippen LogP contribution is -2.32. The average Bonchev–Trinajstić information content (AvgIpc) is 1.85. The normalized spacial score (nSPS) is 14.5. The Labute approximate surface area is 69.9 Å². The van der Waals surface area contributed by atoms with Gasteiger partial charge in [-0.2, -0.15) is 5.06 Å². The summed E-state index contributed by atoms with van der Waals surface area (Å²) in [5.41, 5.74) is 0. The summed E-state index contributed by atoms with van der Waals surface area (Å²) in [6.07, 6.45) is 0.273. The van der Waals surface area contributed by atoms with E-state index in [4.69, 9.17) is 4.84 Å². The fourth-order valence-corrected chi connectivity index (χ4v) is 0.961. The van der Waals surface area contributed by atoms with Gasteiger partial charge < -0.3 is 4.90 Å². The van der Waals surface area contributed by atoms with Gasteiger partial charge in [0.1, 0.15) is 0 Å². The summed E-state index contributed by atoms with van der Waals surface area (Å²) >= 11 is 0. The molecule has 0 bridgehead atoms. The Bertz CT molecular complexity index is 96.1. The second-order valence-corrected chi connectivity index (χ2v) is 3.08. The van der Waals surface area contributed by atoms with Crippen molar-refractivity contribution in [3.05, 3.63) is 0 Å². The van der Waals surface area contributed by atoms with Crippen LogP contribution in [0.15, 0.2) is 0 Å². The molecule has 0 saturated carbocycles. The molecule has 0 saturated heterocycles. The van der Waals surface area contributed by atoms with Gasteiger partial charge in [-0.3, -0.25) is 4.84 Å². The fraction of sp³-hybridized carbons (Fsp3) is 1.00. The van der Waals surface area contributed by atoms with Crippen LogP contribution in [0.4, 0.5) is 0 Å². The van der Waals surface area contributed by atoms with Gasteiger partial charge in [-0.25, -0.2) is 0 Å². The van der Waals surface area contributed by atoms with Crippen molar-refractivity contribution in [2.45, 2.75) is 20.0 Å². The maximum Gasteiger partial charge on any atom is 0.0891 e. The molecule has 0 aromatic heterocycles. The molecule has 0 aliphatic rings. The van der Waals surface area contributed by atoms with Crippen molar-refractivity contribution in [3.8, 4) is 0 Å². The first-order valence-electron chi connectivity index (χ1n) is 4.09. The molecule has 0 aromatic carbocycles. The van der Waals surface area contributed by atoms with E-state index >= 15 is 0 Å². The summed E-state index contributed by atoms with van der Waals surface area (Å²) in [6.45, 7) is 6.27. The lowest BCUT2D eigenvalue weighted by atomic mass is 10.4. The standard InChI is InChI=1S/C8H20N2O/c1-6-10(5)7-8(2)11-9(3)4/h8H,6-7H2,1-5H3/t8-/m1/s1. The first kappa shape index (κ1) is 10.9. The van der Waals surface area contributed by atoms with E-state index < -0.39 is 0 Å². The molecule has 3 heteroatoms. The smallest absolute Gasteiger partial charge is 0.0891 e. The minimum Gasteiger partial charge on any atom is -0.304 e. The van der Waals surface area contributed by atoms with Gasteiger partial charge in [0.15, 0.2) is 0 Å². The molecule has 0 spiro atoms. The third kappa shape index (κ3) is 6.28. The molecule has 0 amide bonds. The number of nitrogens with zero attached hydrogens (tertiary/aromatic N) is 2. The Kier molecular flexibility index (Phi) is 5.46. The quantitative estimate of drug-likeness (QED) is 0.554. The van der Waals surface area contributed by atoms with Crippen molar-refractivity contribution in [3.63, 3.8) is 0 Å². The number of hydroxylamine groups is 2. The van der Waals surface area contributed by atoms with Crippen LogP contribution < -0.4 is 0 Å². The van der Waals surface area contributed by atoms with E-state index in [2.05, 4.69) is 25.8 Å². The molecule has 0 fully saturated rings. The zero-order chi connectivity index (χ0) is 8.85. The van der Waals surface area contributed by atoms with Crippen LogP contribution in [-0.2, 0) is 4.84 Å². The third-order valence-electron chi connectivity index (χ3n) is 1.50. The first-order valence-corrected chi connectivity index (χ1v) is 4.09. The zero-order valence-corrected chi connectivity index (χ0v) is 8.29. The molecule has 0 unspecified atom stereocenters. The van der Waals surface area contributed by atoms with Crippen LogP contribution in [0.25, 0.3) is 0 Å². The van der Waals surface area contributed by atoms with Gasteiger partial charge in [-0.05, 0) is 20.5 Å². The van der Waals surface area contributed by atoms with Crippen LogP contribution in [0, 0.1) is 0 Å². The van der Waals surface area contributed by atoms with Gasteiger partial charge in [0, 0.05) is 20.6 Å². The van der Waals surface area contributed by atoms with Gasteiger partial charge in [0.25, 0.3) is 0 Å². The van der Waals surface area contributed by atoms with Crippen molar-refractivity contribution < 1.29 is 4.84 Å². The monoisotopic (exact) mass is 160 g/mol. The SMILES string of the molecule is CCN(C)C[C@@H](C)ON(C)C. The summed E-state index contributed by atoms with van der Waals surface area (Å²) in [4.78, 5) is 7.64. The van der Waals surface area contributed by atoms with E-state index in [0.29, 0.717) is 0 Å². The van der Waals surface area contributed by atoms with Crippen molar-refractivity contribution in [1.29, 1.82) is 0 Å². The Morgan fingerprint density at radius 2 is 1.82 bits per heavy atom. The van der Waals surface area contributed by atoms with Gasteiger partial charge in [0.2, 0.25) is 0 Å². The molecule has 0 radical (unpaired) electrons. The number of hydrogen-bond acceptors (Lipinski definition) is 3. The topological polar surface area (TPSA) is 15.7 Å². The highest BCUT2D eigenvalue weighted by atomic mass is 16.7. The van der Waals surface area contributed by atoms with Gasteiger partial charge >= 0.3 is 0 Å². The molecule has 68 valence electrons. The Balaban J connectivity index is 3.43. The van der Waals surface area contributed by atoms with Crippen LogP contribution in [0.1, 0.15) is 13.8 Å². The first-order chi connectivity index (χ1) is 5.06. The summed E-state index contributed by atoms with van der Waals surface area (Å²) in [6, 6.07) is 0. The highest BCUT2D eigenvalue weighted by Gasteiger charge is 2.05. The van der Waals surface area contributed by atoms with Gasteiger partial charge in [-0.1, -0.05) is 6.92 Å². The second-order valence-electron chi connectivity index (χ2n) is 3.08. The molecular weight excluding hydrogens is 140 g/mol. The van der Waals surface area contributed by atoms with Crippen LogP contribution in [-0.4, -0.2) is 50.3 Å². The molecule has 0 heterocycles. The highest BCUT2D eigenvalue weighted by Crippen LogP contribution is 1.94. The fourth-order valence-electron chi connectivity index (χ4n) is 0.961. The number of hydrogen-bond donors (Lipinski definition) is 0. The molecule has 1 atom stereocenters. The van der Waals surface area contributed by atoms with Crippen LogP contribution in [0.5, 0.6) is 0 Å². The molecular formula is C8H20N2O. The largest absolute Gasteiger partial charge is 0.304 e. The predicted molar refractivity (Wildman–Crippen MR) is 47.4 cm³/mol. The third-order valence-corrected chi connectivity index (χ3v) is 1.50.